The summed E-state index contributed by atoms with van der Waals surface area (Å²) >= 11 is 0. The van der Waals surface area contributed by atoms with E-state index in [0.717, 1.165) is 0 Å². The van der Waals surface area contributed by atoms with Crippen LogP contribution in [0.2, 0.25) is 0 Å². The van der Waals surface area contributed by atoms with Crippen LogP contribution in [0.15, 0.2) is 78.0 Å². The quantitative estimate of drug-likeness (QED) is 0.461. The van der Waals surface area contributed by atoms with Crippen molar-refractivity contribution in [3.05, 3.63) is 83.6 Å². The highest BCUT2D eigenvalue weighted by atomic mass is 15.1. The van der Waals surface area contributed by atoms with Gasteiger partial charge in [0, 0.05) is 17.1 Å². The predicted octanol–water partition coefficient (Wildman–Crippen LogP) is 7.84. The molecule has 0 fully saturated rings. The van der Waals surface area contributed by atoms with Crippen LogP contribution < -0.4 is 4.90 Å². The number of rotatable bonds is 7. The molecule has 0 amide bonds. The Kier molecular flexibility index (Phi) is 7.26. The fourth-order valence-corrected chi connectivity index (χ4v) is 2.84. The second-order valence-corrected chi connectivity index (χ2v) is 7.45. The summed E-state index contributed by atoms with van der Waals surface area (Å²) in [5, 5.41) is 0. The number of nitrogens with zero attached hydrogens (tertiary/aromatic N) is 1. The molecule has 26 heavy (non-hydrogen) atoms. The molecule has 1 nitrogen and oxygen atoms in total. The van der Waals surface area contributed by atoms with Crippen LogP contribution in [0.1, 0.15) is 59.4 Å². The number of hydrogen-bond acceptors (Lipinski definition) is 1. The van der Waals surface area contributed by atoms with E-state index in [1.54, 1.807) is 0 Å². The minimum atomic E-state index is 0.569. The molecule has 0 heterocycles. The van der Waals surface area contributed by atoms with E-state index >= 15 is 0 Å². The van der Waals surface area contributed by atoms with Crippen molar-refractivity contribution in [3.63, 3.8) is 0 Å². The summed E-state index contributed by atoms with van der Waals surface area (Å²) in [6.07, 6.45) is 5.63. The van der Waals surface area contributed by atoms with Crippen LogP contribution in [-0.4, -0.2) is 0 Å². The maximum Gasteiger partial charge on any atom is 0.0458 e. The minimum absolute atomic E-state index is 0.569. The lowest BCUT2D eigenvalue weighted by molar-refractivity contribution is 0.733. The largest absolute Gasteiger partial charge is 0.315 e. The Hall–Kier alpha value is -2.28. The summed E-state index contributed by atoms with van der Waals surface area (Å²) in [5.41, 5.74) is 6.40. The molecule has 0 aromatic heterocycles. The van der Waals surface area contributed by atoms with E-state index in [2.05, 4.69) is 113 Å². The number of para-hydroxylation sites is 1. The molecule has 0 bridgehead atoms. The van der Waals surface area contributed by atoms with Gasteiger partial charge in [-0.25, -0.2) is 0 Å². The molecule has 0 N–H and O–H groups in total. The van der Waals surface area contributed by atoms with Crippen LogP contribution in [-0.2, 0) is 0 Å². The van der Waals surface area contributed by atoms with Gasteiger partial charge in [0.1, 0.15) is 0 Å². The standard InChI is InChI=1S/C25H33N/c1-7-20(4)23-15-17-25(18-16-23)26(24-11-9-8-10-12-24)22(6)14-13-21(5)19(2)3/h8-20H,7H2,1-6H3/b21-13+,22-14+. The van der Waals surface area contributed by atoms with Crippen molar-refractivity contribution < 1.29 is 0 Å². The lowest BCUT2D eigenvalue weighted by atomic mass is 9.98. The molecule has 0 spiro atoms. The van der Waals surface area contributed by atoms with Gasteiger partial charge < -0.3 is 4.90 Å². The van der Waals surface area contributed by atoms with Gasteiger partial charge in [-0.15, -0.1) is 0 Å². The number of benzene rings is 2. The average molecular weight is 348 g/mol. The first-order valence-corrected chi connectivity index (χ1v) is 9.74. The molecule has 1 atom stereocenters. The highest BCUT2D eigenvalue weighted by Gasteiger charge is 2.12. The molecular formula is C25H33N. The van der Waals surface area contributed by atoms with Gasteiger partial charge in [-0.3, -0.25) is 0 Å². The molecule has 1 unspecified atom stereocenters. The molecule has 1 heteroatoms. The first-order chi connectivity index (χ1) is 12.4. The van der Waals surface area contributed by atoms with Gasteiger partial charge in [-0.05, 0) is 68.0 Å². The lowest BCUT2D eigenvalue weighted by Crippen LogP contribution is -2.14. The maximum atomic E-state index is 2.32. The van der Waals surface area contributed by atoms with Crippen LogP contribution in [0.5, 0.6) is 0 Å². The summed E-state index contributed by atoms with van der Waals surface area (Å²) in [5.74, 6) is 1.17. The first kappa shape index (κ1) is 20.0. The molecule has 0 aliphatic rings. The zero-order valence-corrected chi connectivity index (χ0v) is 17.2. The summed E-state index contributed by atoms with van der Waals surface area (Å²) in [7, 11) is 0. The molecule has 0 radical (unpaired) electrons. The number of anilines is 2. The van der Waals surface area contributed by atoms with Crippen molar-refractivity contribution in [3.8, 4) is 0 Å². The normalized spacial score (nSPS) is 13.8. The van der Waals surface area contributed by atoms with Crippen molar-refractivity contribution >= 4 is 11.4 Å². The van der Waals surface area contributed by atoms with Crippen LogP contribution in [0.3, 0.4) is 0 Å². The topological polar surface area (TPSA) is 3.24 Å². The second-order valence-electron chi connectivity index (χ2n) is 7.45. The average Bonchev–Trinajstić information content (AvgIpc) is 2.67. The van der Waals surface area contributed by atoms with Crippen molar-refractivity contribution in [2.24, 2.45) is 5.92 Å². The summed E-state index contributed by atoms with van der Waals surface area (Å²) in [4.78, 5) is 2.32. The third-order valence-corrected chi connectivity index (χ3v) is 5.20. The Balaban J connectivity index is 2.42. The smallest absolute Gasteiger partial charge is 0.0458 e. The fraction of sp³-hybridized carbons (Fsp3) is 0.360. The third kappa shape index (κ3) is 5.11. The van der Waals surface area contributed by atoms with E-state index in [1.165, 1.54) is 34.6 Å². The van der Waals surface area contributed by atoms with Crippen LogP contribution in [0.4, 0.5) is 11.4 Å². The molecule has 2 aromatic rings. The molecule has 138 valence electrons. The summed E-state index contributed by atoms with van der Waals surface area (Å²) in [6, 6.07) is 19.6. The molecule has 0 aliphatic carbocycles. The van der Waals surface area contributed by atoms with Crippen molar-refractivity contribution in [2.45, 2.75) is 53.9 Å². The summed E-state index contributed by atoms with van der Waals surface area (Å²) < 4.78 is 0. The van der Waals surface area contributed by atoms with Crippen molar-refractivity contribution in [1.82, 2.24) is 0 Å². The zero-order chi connectivity index (χ0) is 19.1. The Morgan fingerprint density at radius 2 is 1.42 bits per heavy atom. The SMILES string of the molecule is CCC(C)c1ccc(N(/C(C)=C/C=C(\C)C(C)C)c2ccccc2)cc1. The van der Waals surface area contributed by atoms with Gasteiger partial charge in [0.15, 0.2) is 0 Å². The molecule has 0 aliphatic heterocycles. The van der Waals surface area contributed by atoms with Gasteiger partial charge in [0.25, 0.3) is 0 Å². The Morgan fingerprint density at radius 1 is 0.846 bits per heavy atom. The first-order valence-electron chi connectivity index (χ1n) is 9.74. The monoisotopic (exact) mass is 347 g/mol. The minimum Gasteiger partial charge on any atom is -0.315 e. The Morgan fingerprint density at radius 3 is 1.96 bits per heavy atom. The van der Waals surface area contributed by atoms with Crippen LogP contribution in [0, 0.1) is 5.92 Å². The lowest BCUT2D eigenvalue weighted by Gasteiger charge is -2.26. The van der Waals surface area contributed by atoms with Crippen LogP contribution in [0.25, 0.3) is 0 Å². The van der Waals surface area contributed by atoms with E-state index in [0.29, 0.717) is 11.8 Å². The van der Waals surface area contributed by atoms with E-state index < -0.39 is 0 Å². The molecular weight excluding hydrogens is 314 g/mol. The van der Waals surface area contributed by atoms with Crippen LogP contribution >= 0.6 is 0 Å². The Labute approximate surface area is 160 Å². The zero-order valence-electron chi connectivity index (χ0n) is 17.2. The Bertz CT molecular complexity index is 735. The van der Waals surface area contributed by atoms with E-state index in [1.807, 2.05) is 0 Å². The van der Waals surface area contributed by atoms with E-state index in [9.17, 15) is 0 Å². The van der Waals surface area contributed by atoms with Crippen molar-refractivity contribution in [2.75, 3.05) is 4.90 Å². The third-order valence-electron chi connectivity index (χ3n) is 5.20. The predicted molar refractivity (Wildman–Crippen MR) is 116 cm³/mol. The van der Waals surface area contributed by atoms with Gasteiger partial charge in [0.2, 0.25) is 0 Å². The van der Waals surface area contributed by atoms with Gasteiger partial charge in [0.05, 0.1) is 0 Å². The van der Waals surface area contributed by atoms with Crippen molar-refractivity contribution in [1.29, 1.82) is 0 Å². The van der Waals surface area contributed by atoms with Gasteiger partial charge >= 0.3 is 0 Å². The molecule has 0 saturated heterocycles. The van der Waals surface area contributed by atoms with Gasteiger partial charge in [-0.1, -0.05) is 69.7 Å². The summed E-state index contributed by atoms with van der Waals surface area (Å²) in [6.45, 7) is 13.4. The van der Waals surface area contributed by atoms with Gasteiger partial charge in [-0.2, -0.15) is 0 Å². The van der Waals surface area contributed by atoms with E-state index in [4.69, 9.17) is 0 Å². The second kappa shape index (κ2) is 9.43. The highest BCUT2D eigenvalue weighted by Crippen LogP contribution is 2.31. The molecule has 2 aromatic carbocycles. The number of allylic oxidation sites excluding steroid dienone is 4. The number of hydrogen-bond donors (Lipinski definition) is 0. The fourth-order valence-electron chi connectivity index (χ4n) is 2.84. The molecule has 2 rings (SSSR count). The molecule has 0 saturated carbocycles. The highest BCUT2D eigenvalue weighted by molar-refractivity contribution is 5.68. The maximum absolute atomic E-state index is 2.32. The van der Waals surface area contributed by atoms with E-state index in [-0.39, 0.29) is 0 Å².